The molecule has 228 valence electrons. The van der Waals surface area contributed by atoms with Crippen LogP contribution in [0.1, 0.15) is 63.9 Å². The molecule has 1 atom stereocenters. The topological polar surface area (TPSA) is 131 Å². The third-order valence-corrected chi connectivity index (χ3v) is 6.46. The van der Waals surface area contributed by atoms with E-state index in [1.165, 1.54) is 40.1 Å². The maximum absolute atomic E-state index is 13.6. The monoisotopic (exact) mass is 605 g/mol. The van der Waals surface area contributed by atoms with E-state index in [0.29, 0.717) is 12.2 Å². The van der Waals surface area contributed by atoms with Gasteiger partial charge in [-0.05, 0) is 57.9 Å². The predicted molar refractivity (Wildman–Crippen MR) is 153 cm³/mol. The molecule has 3 rings (SSSR count). The van der Waals surface area contributed by atoms with E-state index in [2.05, 4.69) is 15.3 Å². The number of hydrogen-bond acceptors (Lipinski definition) is 8. The van der Waals surface area contributed by atoms with Crippen LogP contribution in [-0.4, -0.2) is 88.1 Å². The van der Waals surface area contributed by atoms with Crippen molar-refractivity contribution < 1.29 is 33.0 Å². The van der Waals surface area contributed by atoms with Crippen LogP contribution in [0.4, 0.5) is 9.18 Å². The summed E-state index contributed by atoms with van der Waals surface area (Å²) >= 11 is 6.16. The van der Waals surface area contributed by atoms with Gasteiger partial charge in [-0.1, -0.05) is 24.9 Å². The molecule has 0 aliphatic carbocycles. The lowest BCUT2D eigenvalue weighted by Gasteiger charge is -2.36. The fraction of sp³-hybridized carbons (Fsp3) is 0.517. The van der Waals surface area contributed by atoms with Crippen LogP contribution < -0.4 is 5.32 Å². The number of nitrogens with one attached hydrogen (secondary N) is 1. The molecule has 1 aliphatic heterocycles. The molecular weight excluding hydrogens is 569 g/mol. The quantitative estimate of drug-likeness (QED) is 0.242. The number of rotatable bonds is 10. The molecule has 1 fully saturated rings. The highest BCUT2D eigenvalue weighted by Gasteiger charge is 2.32. The van der Waals surface area contributed by atoms with Gasteiger partial charge in [0.1, 0.15) is 28.3 Å². The number of carbonyl (C=O) groups is 4. The molecule has 1 aliphatic rings. The van der Waals surface area contributed by atoms with Crippen molar-refractivity contribution in [1.29, 1.82) is 0 Å². The SMILES string of the molecule is CCCCOC(=O)N1CCN(C(=O)[C@H](CCC(=O)OC(C)(C)C)NC(=O)c2cc(Cl)nc(-c3ccc(F)cc3)n2)CC1. The third-order valence-electron chi connectivity index (χ3n) is 6.26. The Labute approximate surface area is 249 Å². The average Bonchev–Trinajstić information content (AvgIpc) is 2.94. The van der Waals surface area contributed by atoms with Gasteiger partial charge in [0.25, 0.3) is 5.91 Å². The summed E-state index contributed by atoms with van der Waals surface area (Å²) in [5.74, 6) is -1.98. The van der Waals surface area contributed by atoms with Crippen LogP contribution in [0.5, 0.6) is 0 Å². The summed E-state index contributed by atoms with van der Waals surface area (Å²) in [6.07, 6.45) is 1.10. The molecule has 11 nitrogen and oxygen atoms in total. The Bertz CT molecular complexity index is 1260. The zero-order valence-corrected chi connectivity index (χ0v) is 25.1. The van der Waals surface area contributed by atoms with Crippen molar-refractivity contribution in [1.82, 2.24) is 25.1 Å². The predicted octanol–water partition coefficient (Wildman–Crippen LogP) is 4.24. The third kappa shape index (κ3) is 9.93. The van der Waals surface area contributed by atoms with E-state index < -0.39 is 41.3 Å². The van der Waals surface area contributed by atoms with Gasteiger partial charge >= 0.3 is 12.1 Å². The van der Waals surface area contributed by atoms with Gasteiger partial charge in [-0.3, -0.25) is 14.4 Å². The van der Waals surface area contributed by atoms with Gasteiger partial charge in [-0.2, -0.15) is 0 Å². The fourth-order valence-electron chi connectivity index (χ4n) is 4.13. The summed E-state index contributed by atoms with van der Waals surface area (Å²) in [6, 6.07) is 5.54. The first kappa shape index (κ1) is 32.7. The Morgan fingerprint density at radius 2 is 1.69 bits per heavy atom. The highest BCUT2D eigenvalue weighted by molar-refractivity contribution is 6.29. The molecule has 0 bridgehead atoms. The standard InChI is InChI=1S/C29H37ClFN5O6/c1-5-6-17-41-28(40)36-15-13-35(14-16-36)27(39)21(11-12-24(37)42-29(2,3)4)33-26(38)22-18-23(30)34-25(32-22)19-7-9-20(31)10-8-19/h7-10,18,21H,5-6,11-17H2,1-4H3,(H,33,38)/t21-/m0/s1. The molecule has 1 N–H and O–H groups in total. The van der Waals surface area contributed by atoms with E-state index >= 15 is 0 Å². The summed E-state index contributed by atoms with van der Waals surface area (Å²) in [6.45, 7) is 8.54. The number of hydrogen-bond donors (Lipinski definition) is 1. The first-order valence-corrected chi connectivity index (χ1v) is 14.3. The number of benzene rings is 1. The number of ether oxygens (including phenoxy) is 2. The number of amides is 3. The largest absolute Gasteiger partial charge is 0.460 e. The van der Waals surface area contributed by atoms with Crippen molar-refractivity contribution in [3.05, 3.63) is 47.0 Å². The van der Waals surface area contributed by atoms with Gasteiger partial charge in [-0.15, -0.1) is 0 Å². The molecule has 1 saturated heterocycles. The Hall–Kier alpha value is -3.80. The van der Waals surface area contributed by atoms with Crippen molar-refractivity contribution in [2.75, 3.05) is 32.8 Å². The van der Waals surface area contributed by atoms with Crippen LogP contribution >= 0.6 is 11.6 Å². The summed E-state index contributed by atoms with van der Waals surface area (Å²) in [5, 5.41) is 2.66. The Kier molecular flexibility index (Phi) is 11.6. The molecular formula is C29H37ClFN5O6. The second kappa shape index (κ2) is 14.9. The van der Waals surface area contributed by atoms with Gasteiger partial charge in [0.05, 0.1) is 6.61 Å². The summed E-state index contributed by atoms with van der Waals surface area (Å²) in [4.78, 5) is 63.0. The molecule has 13 heteroatoms. The average molecular weight is 606 g/mol. The zero-order chi connectivity index (χ0) is 30.9. The summed E-state index contributed by atoms with van der Waals surface area (Å²) in [5.41, 5.74) is -0.378. The first-order valence-electron chi connectivity index (χ1n) is 13.9. The molecule has 2 aromatic rings. The number of unbranched alkanes of at least 4 members (excludes halogenated alkanes) is 1. The second-order valence-corrected chi connectivity index (χ2v) is 11.2. The molecule has 0 radical (unpaired) electrons. The van der Waals surface area contributed by atoms with Crippen LogP contribution in [0.2, 0.25) is 5.15 Å². The fourth-order valence-corrected chi connectivity index (χ4v) is 4.31. The lowest BCUT2D eigenvalue weighted by Crippen LogP contribution is -2.56. The Morgan fingerprint density at radius 1 is 1.05 bits per heavy atom. The van der Waals surface area contributed by atoms with Gasteiger partial charge in [0.2, 0.25) is 5.91 Å². The Morgan fingerprint density at radius 3 is 2.31 bits per heavy atom. The molecule has 3 amide bonds. The van der Waals surface area contributed by atoms with Crippen molar-refractivity contribution in [3.8, 4) is 11.4 Å². The summed E-state index contributed by atoms with van der Waals surface area (Å²) in [7, 11) is 0. The number of aromatic nitrogens is 2. The minimum Gasteiger partial charge on any atom is -0.460 e. The lowest BCUT2D eigenvalue weighted by molar-refractivity contribution is -0.155. The van der Waals surface area contributed by atoms with Crippen LogP contribution in [0.15, 0.2) is 30.3 Å². The van der Waals surface area contributed by atoms with E-state index in [-0.39, 0.29) is 55.7 Å². The minimum atomic E-state index is -1.09. The van der Waals surface area contributed by atoms with Crippen molar-refractivity contribution >= 4 is 35.5 Å². The van der Waals surface area contributed by atoms with Gasteiger partial charge in [0.15, 0.2) is 5.82 Å². The lowest BCUT2D eigenvalue weighted by atomic mass is 10.1. The maximum Gasteiger partial charge on any atom is 0.409 e. The van der Waals surface area contributed by atoms with Crippen LogP contribution in [0, 0.1) is 5.82 Å². The molecule has 1 aromatic carbocycles. The van der Waals surface area contributed by atoms with E-state index in [1.54, 1.807) is 20.8 Å². The molecule has 2 heterocycles. The van der Waals surface area contributed by atoms with Crippen molar-refractivity contribution in [2.24, 2.45) is 0 Å². The van der Waals surface area contributed by atoms with Gasteiger partial charge in [0, 0.05) is 44.2 Å². The van der Waals surface area contributed by atoms with Crippen LogP contribution in [0.25, 0.3) is 11.4 Å². The highest BCUT2D eigenvalue weighted by Crippen LogP contribution is 2.19. The normalized spacial score (nSPS) is 14.2. The number of nitrogens with zero attached hydrogens (tertiary/aromatic N) is 4. The smallest absolute Gasteiger partial charge is 0.409 e. The van der Waals surface area contributed by atoms with Crippen molar-refractivity contribution in [2.45, 2.75) is 65.0 Å². The van der Waals surface area contributed by atoms with E-state index in [1.807, 2.05) is 6.92 Å². The number of carbonyl (C=O) groups excluding carboxylic acids is 4. The Balaban J connectivity index is 1.74. The molecule has 0 saturated carbocycles. The van der Waals surface area contributed by atoms with E-state index in [0.717, 1.165) is 12.8 Å². The zero-order valence-electron chi connectivity index (χ0n) is 24.3. The molecule has 1 aromatic heterocycles. The molecule has 42 heavy (non-hydrogen) atoms. The first-order chi connectivity index (χ1) is 19.9. The molecule has 0 unspecified atom stereocenters. The van der Waals surface area contributed by atoms with E-state index in [9.17, 15) is 23.6 Å². The minimum absolute atomic E-state index is 0.0203. The highest BCUT2D eigenvalue weighted by atomic mass is 35.5. The van der Waals surface area contributed by atoms with Gasteiger partial charge in [-0.25, -0.2) is 19.2 Å². The summed E-state index contributed by atoms with van der Waals surface area (Å²) < 4.78 is 24.0. The van der Waals surface area contributed by atoms with E-state index in [4.69, 9.17) is 21.1 Å². The maximum atomic E-state index is 13.6. The second-order valence-electron chi connectivity index (χ2n) is 10.8. The number of esters is 1. The molecule has 0 spiro atoms. The number of halogens is 2. The number of piperazine rings is 1. The van der Waals surface area contributed by atoms with Crippen LogP contribution in [-0.2, 0) is 19.1 Å². The van der Waals surface area contributed by atoms with Crippen LogP contribution in [0.3, 0.4) is 0 Å². The van der Waals surface area contributed by atoms with Crippen molar-refractivity contribution in [3.63, 3.8) is 0 Å². The van der Waals surface area contributed by atoms with Gasteiger partial charge < -0.3 is 24.6 Å².